The zero-order valence-electron chi connectivity index (χ0n) is 14.2. The average molecular weight is 376 g/mol. The molecule has 26 heavy (non-hydrogen) atoms. The van der Waals surface area contributed by atoms with Gasteiger partial charge in [0.1, 0.15) is 0 Å². The summed E-state index contributed by atoms with van der Waals surface area (Å²) in [7, 11) is 1.30. The number of piperazine rings is 1. The van der Waals surface area contributed by atoms with Crippen LogP contribution in [0.5, 0.6) is 0 Å². The molecule has 1 N–H and O–H groups in total. The molecule has 8 nitrogen and oxygen atoms in total. The summed E-state index contributed by atoms with van der Waals surface area (Å²) in [6, 6.07) is 6.08. The van der Waals surface area contributed by atoms with Crippen LogP contribution in [0, 0.1) is 0 Å². The molecule has 3 rings (SSSR count). The van der Waals surface area contributed by atoms with Gasteiger partial charge in [0.2, 0.25) is 5.95 Å². The minimum atomic E-state index is -0.492. The highest BCUT2D eigenvalue weighted by molar-refractivity contribution is 6.33. The van der Waals surface area contributed by atoms with E-state index in [1.165, 1.54) is 13.2 Å². The number of rotatable bonds is 3. The molecule has 0 spiro atoms. The number of nitrogens with one attached hydrogen (secondary N) is 1. The maximum Gasteiger partial charge on any atom is 0.337 e. The normalized spacial score (nSPS) is 14.1. The third kappa shape index (κ3) is 4.02. The summed E-state index contributed by atoms with van der Waals surface area (Å²) in [5.41, 5.74) is 0.687. The van der Waals surface area contributed by atoms with Crippen molar-refractivity contribution in [1.29, 1.82) is 0 Å². The Labute approximate surface area is 155 Å². The molecule has 0 unspecified atom stereocenters. The number of esters is 1. The summed E-state index contributed by atoms with van der Waals surface area (Å²) >= 11 is 6.12. The smallest absolute Gasteiger partial charge is 0.337 e. The molecule has 2 amide bonds. The molecular weight excluding hydrogens is 358 g/mol. The third-order valence-corrected chi connectivity index (χ3v) is 4.36. The highest BCUT2D eigenvalue weighted by atomic mass is 35.5. The number of carbonyl (C=O) groups excluding carboxylic acids is 2. The largest absolute Gasteiger partial charge is 0.465 e. The van der Waals surface area contributed by atoms with Crippen LogP contribution in [0.15, 0.2) is 36.7 Å². The number of ether oxygens (including phenoxy) is 1. The molecule has 0 atom stereocenters. The van der Waals surface area contributed by atoms with Gasteiger partial charge < -0.3 is 19.9 Å². The van der Waals surface area contributed by atoms with Crippen molar-refractivity contribution in [3.05, 3.63) is 47.2 Å². The first-order valence-electron chi connectivity index (χ1n) is 8.04. The number of anilines is 2. The molecular formula is C17H18ClN5O3. The summed E-state index contributed by atoms with van der Waals surface area (Å²) in [6.45, 7) is 2.32. The fourth-order valence-corrected chi connectivity index (χ4v) is 2.79. The molecule has 1 aliphatic heterocycles. The fraction of sp³-hybridized carbons (Fsp3) is 0.294. The maximum absolute atomic E-state index is 12.5. The molecule has 0 saturated carbocycles. The van der Waals surface area contributed by atoms with Gasteiger partial charge in [-0.25, -0.2) is 19.6 Å². The minimum absolute atomic E-state index is 0.275. The number of halogens is 1. The number of amides is 2. The highest BCUT2D eigenvalue weighted by Crippen LogP contribution is 2.24. The van der Waals surface area contributed by atoms with Crippen LogP contribution < -0.4 is 10.2 Å². The van der Waals surface area contributed by atoms with Crippen molar-refractivity contribution in [3.63, 3.8) is 0 Å². The van der Waals surface area contributed by atoms with Crippen LogP contribution in [-0.4, -0.2) is 60.2 Å². The Morgan fingerprint density at radius 3 is 2.50 bits per heavy atom. The van der Waals surface area contributed by atoms with Crippen molar-refractivity contribution < 1.29 is 14.3 Å². The van der Waals surface area contributed by atoms with Gasteiger partial charge in [-0.05, 0) is 24.3 Å². The highest BCUT2D eigenvalue weighted by Gasteiger charge is 2.23. The summed E-state index contributed by atoms with van der Waals surface area (Å²) in [4.78, 5) is 36.3. The average Bonchev–Trinajstić information content (AvgIpc) is 2.69. The number of hydrogen-bond acceptors (Lipinski definition) is 6. The number of benzene rings is 1. The SMILES string of the molecule is COC(=O)c1ccc(Cl)c(NC(=O)N2CCN(c3ncccn3)CC2)c1. The van der Waals surface area contributed by atoms with Gasteiger partial charge in [0.05, 0.1) is 23.4 Å². The van der Waals surface area contributed by atoms with E-state index in [9.17, 15) is 9.59 Å². The van der Waals surface area contributed by atoms with Gasteiger partial charge in [0, 0.05) is 38.6 Å². The molecule has 0 aliphatic carbocycles. The van der Waals surface area contributed by atoms with Crippen molar-refractivity contribution >= 4 is 35.2 Å². The van der Waals surface area contributed by atoms with E-state index in [-0.39, 0.29) is 6.03 Å². The second-order valence-corrected chi connectivity index (χ2v) is 6.05. The van der Waals surface area contributed by atoms with Crippen LogP contribution in [-0.2, 0) is 4.74 Å². The zero-order chi connectivity index (χ0) is 18.5. The Balaban J connectivity index is 1.62. The van der Waals surface area contributed by atoms with Crippen LogP contribution in [0.25, 0.3) is 0 Å². The number of nitrogens with zero attached hydrogens (tertiary/aromatic N) is 4. The first-order chi connectivity index (χ1) is 12.6. The Morgan fingerprint density at radius 2 is 1.85 bits per heavy atom. The predicted molar refractivity (Wildman–Crippen MR) is 97.6 cm³/mol. The number of urea groups is 1. The van der Waals surface area contributed by atoms with Gasteiger partial charge in [0.15, 0.2) is 0 Å². The molecule has 0 radical (unpaired) electrons. The Kier molecular flexibility index (Phi) is 5.52. The Morgan fingerprint density at radius 1 is 1.15 bits per heavy atom. The molecule has 2 aromatic rings. The third-order valence-electron chi connectivity index (χ3n) is 4.03. The van der Waals surface area contributed by atoms with Gasteiger partial charge >= 0.3 is 12.0 Å². The lowest BCUT2D eigenvalue weighted by Gasteiger charge is -2.34. The monoisotopic (exact) mass is 375 g/mol. The lowest BCUT2D eigenvalue weighted by atomic mass is 10.2. The number of methoxy groups -OCH3 is 1. The summed E-state index contributed by atoms with van der Waals surface area (Å²) < 4.78 is 4.68. The van der Waals surface area contributed by atoms with E-state index in [2.05, 4.69) is 20.0 Å². The molecule has 2 heterocycles. The lowest BCUT2D eigenvalue weighted by Crippen LogP contribution is -2.50. The van der Waals surface area contributed by atoms with E-state index >= 15 is 0 Å². The second-order valence-electron chi connectivity index (χ2n) is 5.64. The van der Waals surface area contributed by atoms with E-state index in [1.54, 1.807) is 35.5 Å². The molecule has 0 bridgehead atoms. The lowest BCUT2D eigenvalue weighted by molar-refractivity contribution is 0.0600. The summed E-state index contributed by atoms with van der Waals surface area (Å²) in [6.07, 6.45) is 3.38. The van der Waals surface area contributed by atoms with Gasteiger partial charge in [-0.1, -0.05) is 11.6 Å². The Hall–Kier alpha value is -2.87. The van der Waals surface area contributed by atoms with E-state index in [0.29, 0.717) is 48.4 Å². The predicted octanol–water partition coefficient (Wildman–Crippen LogP) is 2.27. The summed E-state index contributed by atoms with van der Waals surface area (Å²) in [5, 5.41) is 3.10. The molecule has 1 fully saturated rings. The minimum Gasteiger partial charge on any atom is -0.465 e. The van der Waals surface area contributed by atoms with Crippen molar-refractivity contribution in [3.8, 4) is 0 Å². The van der Waals surface area contributed by atoms with Crippen molar-refractivity contribution in [1.82, 2.24) is 14.9 Å². The van der Waals surface area contributed by atoms with E-state index in [1.807, 2.05) is 4.90 Å². The van der Waals surface area contributed by atoms with Crippen molar-refractivity contribution in [2.75, 3.05) is 43.5 Å². The van der Waals surface area contributed by atoms with E-state index in [4.69, 9.17) is 11.6 Å². The number of hydrogen-bond donors (Lipinski definition) is 1. The van der Waals surface area contributed by atoms with Crippen LogP contribution in [0.3, 0.4) is 0 Å². The maximum atomic E-state index is 12.5. The van der Waals surface area contributed by atoms with Gasteiger partial charge in [0.25, 0.3) is 0 Å². The molecule has 9 heteroatoms. The number of aromatic nitrogens is 2. The zero-order valence-corrected chi connectivity index (χ0v) is 14.9. The van der Waals surface area contributed by atoms with Gasteiger partial charge in [-0.15, -0.1) is 0 Å². The standard InChI is InChI=1S/C17H18ClN5O3/c1-26-15(24)12-3-4-13(18)14(11-12)21-17(25)23-9-7-22(8-10-23)16-19-5-2-6-20-16/h2-6,11H,7-10H2,1H3,(H,21,25). The molecule has 1 saturated heterocycles. The van der Waals surface area contributed by atoms with Crippen LogP contribution in [0.4, 0.5) is 16.4 Å². The van der Waals surface area contributed by atoms with Crippen LogP contribution in [0.2, 0.25) is 5.02 Å². The second kappa shape index (κ2) is 8.01. The molecule has 1 aromatic heterocycles. The van der Waals surface area contributed by atoms with Crippen molar-refractivity contribution in [2.24, 2.45) is 0 Å². The van der Waals surface area contributed by atoms with Crippen LogP contribution in [0.1, 0.15) is 10.4 Å². The van der Waals surface area contributed by atoms with Crippen LogP contribution >= 0.6 is 11.6 Å². The topological polar surface area (TPSA) is 87.7 Å². The van der Waals surface area contributed by atoms with E-state index < -0.39 is 5.97 Å². The quantitative estimate of drug-likeness (QED) is 0.828. The molecule has 1 aliphatic rings. The Bertz CT molecular complexity index is 794. The van der Waals surface area contributed by atoms with Gasteiger partial charge in [-0.2, -0.15) is 0 Å². The fourth-order valence-electron chi connectivity index (χ4n) is 2.62. The van der Waals surface area contributed by atoms with Crippen molar-refractivity contribution in [2.45, 2.75) is 0 Å². The van der Waals surface area contributed by atoms with Gasteiger partial charge in [-0.3, -0.25) is 0 Å². The molecule has 136 valence electrons. The first-order valence-corrected chi connectivity index (χ1v) is 8.42. The van der Waals surface area contributed by atoms with E-state index in [0.717, 1.165) is 0 Å². The summed E-state index contributed by atoms with van der Waals surface area (Å²) in [5.74, 6) is 0.162. The molecule has 1 aromatic carbocycles. The number of carbonyl (C=O) groups is 2. The first kappa shape index (κ1) is 17.9.